The van der Waals surface area contributed by atoms with Crippen molar-refractivity contribution in [3.05, 3.63) is 63.9 Å². The molecule has 2 aromatic carbocycles. The van der Waals surface area contributed by atoms with E-state index in [0.29, 0.717) is 23.3 Å². The Hall–Kier alpha value is -3.21. The van der Waals surface area contributed by atoms with Gasteiger partial charge >= 0.3 is 0 Å². The van der Waals surface area contributed by atoms with Crippen molar-refractivity contribution in [1.82, 2.24) is 0 Å². The van der Waals surface area contributed by atoms with E-state index in [1.54, 1.807) is 18.2 Å². The van der Waals surface area contributed by atoms with Crippen LogP contribution in [0.4, 0.5) is 0 Å². The van der Waals surface area contributed by atoms with Gasteiger partial charge in [-0.2, -0.15) is 0 Å². The highest BCUT2D eigenvalue weighted by atomic mass is 16.5. The van der Waals surface area contributed by atoms with Gasteiger partial charge in [-0.1, -0.05) is 23.3 Å². The minimum Gasteiger partial charge on any atom is -0.508 e. The maximum atomic E-state index is 12.8. The Labute approximate surface area is 163 Å². The van der Waals surface area contributed by atoms with Gasteiger partial charge in [0, 0.05) is 12.1 Å². The Morgan fingerprint density at radius 1 is 1.14 bits per heavy atom. The molecule has 2 N–H and O–H groups in total. The van der Waals surface area contributed by atoms with E-state index in [9.17, 15) is 15.0 Å². The summed E-state index contributed by atoms with van der Waals surface area (Å²) in [6.45, 7) is 6.58. The molecule has 0 saturated heterocycles. The number of rotatable bonds is 6. The van der Waals surface area contributed by atoms with Gasteiger partial charge in [-0.05, 0) is 51.8 Å². The molecule has 5 nitrogen and oxygen atoms in total. The SMILES string of the molecule is CC(C)=CCC/C(C)=C/COc1cccc2c(=O)c3c(O)cc(O)cc3oc12. The lowest BCUT2D eigenvalue weighted by molar-refractivity contribution is 0.360. The van der Waals surface area contributed by atoms with Crippen molar-refractivity contribution in [2.24, 2.45) is 0 Å². The van der Waals surface area contributed by atoms with Crippen molar-refractivity contribution in [3.63, 3.8) is 0 Å². The fraction of sp³-hybridized carbons (Fsp3) is 0.261. The quantitative estimate of drug-likeness (QED) is 0.440. The topological polar surface area (TPSA) is 79.9 Å². The Balaban J connectivity index is 1.90. The fourth-order valence-electron chi connectivity index (χ4n) is 3.02. The Morgan fingerprint density at radius 3 is 2.68 bits per heavy atom. The molecule has 0 aliphatic rings. The Kier molecular flexibility index (Phi) is 5.73. The second kappa shape index (κ2) is 8.21. The molecule has 0 atom stereocenters. The number of hydrogen-bond donors (Lipinski definition) is 2. The zero-order valence-electron chi connectivity index (χ0n) is 16.3. The van der Waals surface area contributed by atoms with Gasteiger partial charge in [0.1, 0.15) is 29.1 Å². The van der Waals surface area contributed by atoms with Gasteiger partial charge in [0.2, 0.25) is 5.43 Å². The summed E-state index contributed by atoms with van der Waals surface area (Å²) in [6.07, 6.45) is 6.16. The molecular formula is C23H24O5. The normalized spacial score (nSPS) is 11.8. The standard InChI is InChI=1S/C23H24O5/c1-14(2)6-4-7-15(3)10-11-27-19-9-5-8-17-22(26)21-18(25)12-16(24)13-20(21)28-23(17)19/h5-6,8-10,12-13,24-25H,4,7,11H2,1-3H3/b15-10+. The zero-order chi connectivity index (χ0) is 20.3. The summed E-state index contributed by atoms with van der Waals surface area (Å²) in [4.78, 5) is 12.8. The van der Waals surface area contributed by atoms with Gasteiger partial charge < -0.3 is 19.4 Å². The third-order valence-corrected chi connectivity index (χ3v) is 4.49. The van der Waals surface area contributed by atoms with Crippen molar-refractivity contribution in [2.75, 3.05) is 6.61 Å². The number of aromatic hydroxyl groups is 2. The van der Waals surface area contributed by atoms with Gasteiger partial charge in [0.15, 0.2) is 11.3 Å². The van der Waals surface area contributed by atoms with Crippen molar-refractivity contribution < 1.29 is 19.4 Å². The summed E-state index contributed by atoms with van der Waals surface area (Å²) in [7, 11) is 0. The van der Waals surface area contributed by atoms with E-state index >= 15 is 0 Å². The van der Waals surface area contributed by atoms with Crippen LogP contribution >= 0.6 is 0 Å². The molecule has 3 aromatic rings. The number of hydrogen-bond acceptors (Lipinski definition) is 5. The summed E-state index contributed by atoms with van der Waals surface area (Å²) in [5.74, 6) is -0.0552. The molecule has 0 spiro atoms. The van der Waals surface area contributed by atoms with Gasteiger partial charge in [0.25, 0.3) is 0 Å². The van der Waals surface area contributed by atoms with Crippen molar-refractivity contribution in [3.8, 4) is 17.2 Å². The number of para-hydroxylation sites is 1. The van der Waals surface area contributed by atoms with Crippen LogP contribution in [0.2, 0.25) is 0 Å². The number of ether oxygens (including phenoxy) is 1. The summed E-state index contributed by atoms with van der Waals surface area (Å²) >= 11 is 0. The molecule has 1 heterocycles. The summed E-state index contributed by atoms with van der Waals surface area (Å²) in [5.41, 5.74) is 2.56. The summed E-state index contributed by atoms with van der Waals surface area (Å²) in [6, 6.07) is 7.49. The van der Waals surface area contributed by atoms with Crippen molar-refractivity contribution >= 4 is 21.9 Å². The first-order chi connectivity index (χ1) is 13.4. The predicted molar refractivity (Wildman–Crippen MR) is 111 cm³/mol. The monoisotopic (exact) mass is 380 g/mol. The number of allylic oxidation sites excluding steroid dienone is 3. The molecule has 3 rings (SSSR count). The lowest BCUT2D eigenvalue weighted by Gasteiger charge is -2.09. The molecule has 0 fully saturated rings. The number of phenolic OH excluding ortho intramolecular Hbond substituents is 2. The molecule has 5 heteroatoms. The summed E-state index contributed by atoms with van der Waals surface area (Å²) in [5, 5.41) is 20.0. The van der Waals surface area contributed by atoms with Crippen LogP contribution in [0.5, 0.6) is 17.2 Å². The number of fused-ring (bicyclic) bond motifs is 2. The molecule has 0 unspecified atom stereocenters. The van der Waals surface area contributed by atoms with Crippen LogP contribution in [0.15, 0.2) is 62.8 Å². The van der Waals surface area contributed by atoms with Crippen molar-refractivity contribution in [1.29, 1.82) is 0 Å². The Morgan fingerprint density at radius 2 is 1.93 bits per heavy atom. The maximum absolute atomic E-state index is 12.8. The number of benzene rings is 2. The largest absolute Gasteiger partial charge is 0.508 e. The number of phenols is 2. The third kappa shape index (κ3) is 4.19. The Bertz CT molecular complexity index is 1130. The second-order valence-corrected chi connectivity index (χ2v) is 7.08. The van der Waals surface area contributed by atoms with Crippen LogP contribution in [0.25, 0.3) is 21.9 Å². The smallest absolute Gasteiger partial charge is 0.204 e. The van der Waals surface area contributed by atoms with Crippen molar-refractivity contribution in [2.45, 2.75) is 33.6 Å². The molecule has 0 amide bonds. The second-order valence-electron chi connectivity index (χ2n) is 7.08. The fourth-order valence-corrected chi connectivity index (χ4v) is 3.02. The van der Waals surface area contributed by atoms with E-state index in [2.05, 4.69) is 26.8 Å². The highest BCUT2D eigenvalue weighted by Crippen LogP contribution is 2.32. The lowest BCUT2D eigenvalue weighted by Crippen LogP contribution is -2.04. The molecule has 28 heavy (non-hydrogen) atoms. The van der Waals surface area contributed by atoms with E-state index < -0.39 is 0 Å². The van der Waals surface area contributed by atoms with Crippen LogP contribution in [-0.4, -0.2) is 16.8 Å². The van der Waals surface area contributed by atoms with Gasteiger partial charge in [0.05, 0.1) is 5.39 Å². The van der Waals surface area contributed by atoms with E-state index in [4.69, 9.17) is 9.15 Å². The highest BCUT2D eigenvalue weighted by molar-refractivity contribution is 5.95. The van der Waals surface area contributed by atoms with Crippen LogP contribution < -0.4 is 10.2 Å². The van der Waals surface area contributed by atoms with Gasteiger partial charge in [-0.25, -0.2) is 0 Å². The molecular weight excluding hydrogens is 356 g/mol. The van der Waals surface area contributed by atoms with E-state index in [1.807, 2.05) is 6.08 Å². The van der Waals surface area contributed by atoms with E-state index in [1.165, 1.54) is 17.2 Å². The third-order valence-electron chi connectivity index (χ3n) is 4.49. The molecule has 0 aliphatic carbocycles. The first-order valence-corrected chi connectivity index (χ1v) is 9.20. The molecule has 146 valence electrons. The first-order valence-electron chi connectivity index (χ1n) is 9.20. The zero-order valence-corrected chi connectivity index (χ0v) is 16.3. The molecule has 0 saturated carbocycles. The van der Waals surface area contributed by atoms with Gasteiger partial charge in [-0.3, -0.25) is 4.79 Å². The minimum atomic E-state index is -0.368. The first kappa shape index (κ1) is 19.5. The molecule has 0 aliphatic heterocycles. The minimum absolute atomic E-state index is 0.0393. The average molecular weight is 380 g/mol. The summed E-state index contributed by atoms with van der Waals surface area (Å²) < 4.78 is 11.6. The van der Waals surface area contributed by atoms with E-state index in [0.717, 1.165) is 18.9 Å². The average Bonchev–Trinajstić information content (AvgIpc) is 2.61. The molecule has 0 radical (unpaired) electrons. The van der Waals surface area contributed by atoms with Crippen LogP contribution in [-0.2, 0) is 0 Å². The predicted octanol–water partition coefficient (Wildman–Crippen LogP) is 5.43. The molecule has 0 bridgehead atoms. The maximum Gasteiger partial charge on any atom is 0.204 e. The van der Waals surface area contributed by atoms with E-state index in [-0.39, 0.29) is 27.9 Å². The van der Waals surface area contributed by atoms with Crippen LogP contribution in [0.3, 0.4) is 0 Å². The molecule has 1 aromatic heterocycles. The highest BCUT2D eigenvalue weighted by Gasteiger charge is 2.15. The van der Waals surface area contributed by atoms with Gasteiger partial charge in [-0.15, -0.1) is 0 Å². The lowest BCUT2D eigenvalue weighted by atomic mass is 10.1. The van der Waals surface area contributed by atoms with Crippen LogP contribution in [0, 0.1) is 0 Å². The van der Waals surface area contributed by atoms with Crippen LogP contribution in [0.1, 0.15) is 33.6 Å².